The normalized spacial score (nSPS) is 15.9. The first-order valence-corrected chi connectivity index (χ1v) is 8.10. The second-order valence-electron chi connectivity index (χ2n) is 5.33. The summed E-state index contributed by atoms with van der Waals surface area (Å²) in [6.07, 6.45) is 4.07. The monoisotopic (exact) mass is 301 g/mol. The van der Waals surface area contributed by atoms with Gasteiger partial charge in [0.2, 0.25) is 5.91 Å². The van der Waals surface area contributed by atoms with Crippen molar-refractivity contribution in [2.24, 2.45) is 0 Å². The molecule has 1 fully saturated rings. The molecule has 21 heavy (non-hydrogen) atoms. The average molecular weight is 301 g/mol. The highest BCUT2D eigenvalue weighted by Crippen LogP contribution is 2.28. The quantitative estimate of drug-likeness (QED) is 0.659. The van der Waals surface area contributed by atoms with Crippen LogP contribution < -0.4 is 5.32 Å². The number of benzene rings is 1. The molecule has 0 saturated heterocycles. The first kappa shape index (κ1) is 14.2. The number of fused-ring (bicyclic) bond motifs is 1. The molecule has 0 unspecified atom stereocenters. The number of hydrogen-bond acceptors (Lipinski definition) is 3. The third-order valence-corrected chi connectivity index (χ3v) is 4.60. The van der Waals surface area contributed by atoms with Gasteiger partial charge in [-0.15, -0.1) is 6.58 Å². The standard InChI is InChI=1S/C16H19N3OS/c1-3-10-19-14-7-5-4-6-13(14)18-16(19)21-11(2)15(20)17-12-8-9-12/h3-7,11-12H,1,8-10H2,2H3,(H,17,20)/t11-/m0/s1. The molecule has 0 spiro atoms. The van der Waals surface area contributed by atoms with Gasteiger partial charge in [0, 0.05) is 12.6 Å². The van der Waals surface area contributed by atoms with Crippen LogP contribution in [0, 0.1) is 0 Å². The van der Waals surface area contributed by atoms with E-state index in [0.717, 1.165) is 29.0 Å². The van der Waals surface area contributed by atoms with Crippen molar-refractivity contribution in [2.45, 2.75) is 42.8 Å². The van der Waals surface area contributed by atoms with E-state index in [1.54, 1.807) is 0 Å². The molecule has 3 rings (SSSR count). The summed E-state index contributed by atoms with van der Waals surface area (Å²) in [5, 5.41) is 3.76. The number of nitrogens with zero attached hydrogens (tertiary/aromatic N) is 2. The van der Waals surface area contributed by atoms with Crippen molar-refractivity contribution < 1.29 is 4.79 Å². The predicted octanol–water partition coefficient (Wildman–Crippen LogP) is 2.98. The van der Waals surface area contributed by atoms with E-state index in [1.807, 2.05) is 37.3 Å². The summed E-state index contributed by atoms with van der Waals surface area (Å²) in [7, 11) is 0. The van der Waals surface area contributed by atoms with Gasteiger partial charge in [0.25, 0.3) is 0 Å². The van der Waals surface area contributed by atoms with Crippen LogP contribution in [0.5, 0.6) is 0 Å². The number of aromatic nitrogens is 2. The van der Waals surface area contributed by atoms with Crippen molar-refractivity contribution in [2.75, 3.05) is 0 Å². The number of nitrogens with one attached hydrogen (secondary N) is 1. The van der Waals surface area contributed by atoms with E-state index in [-0.39, 0.29) is 11.2 Å². The van der Waals surface area contributed by atoms with Crippen LogP contribution in [0.3, 0.4) is 0 Å². The predicted molar refractivity (Wildman–Crippen MR) is 86.4 cm³/mol. The van der Waals surface area contributed by atoms with Gasteiger partial charge in [0.15, 0.2) is 5.16 Å². The molecule has 1 aromatic heterocycles. The lowest BCUT2D eigenvalue weighted by Gasteiger charge is -2.12. The Bertz CT molecular complexity index is 675. The fourth-order valence-corrected chi connectivity index (χ4v) is 3.15. The van der Waals surface area contributed by atoms with Gasteiger partial charge in [-0.1, -0.05) is 30.0 Å². The van der Waals surface area contributed by atoms with Crippen LogP contribution in [0.25, 0.3) is 11.0 Å². The van der Waals surface area contributed by atoms with Gasteiger partial charge in [-0.3, -0.25) is 4.79 Å². The largest absolute Gasteiger partial charge is 0.352 e. The molecule has 1 aromatic carbocycles. The van der Waals surface area contributed by atoms with Crippen molar-refractivity contribution in [1.29, 1.82) is 0 Å². The molecule has 0 radical (unpaired) electrons. The van der Waals surface area contributed by atoms with Crippen LogP contribution in [0.1, 0.15) is 19.8 Å². The fraction of sp³-hybridized carbons (Fsp3) is 0.375. The van der Waals surface area contributed by atoms with Crippen molar-refractivity contribution in [3.63, 3.8) is 0 Å². The molecule has 1 aliphatic rings. The van der Waals surface area contributed by atoms with Crippen molar-refractivity contribution in [3.05, 3.63) is 36.9 Å². The number of rotatable bonds is 6. The Hall–Kier alpha value is -1.75. The summed E-state index contributed by atoms with van der Waals surface area (Å²) < 4.78 is 2.11. The number of para-hydroxylation sites is 2. The van der Waals surface area contributed by atoms with Gasteiger partial charge < -0.3 is 9.88 Å². The Morgan fingerprint density at radius 2 is 2.33 bits per heavy atom. The molecule has 110 valence electrons. The van der Waals surface area contributed by atoms with E-state index in [4.69, 9.17) is 0 Å². The third-order valence-electron chi connectivity index (χ3n) is 3.51. The Balaban J connectivity index is 1.82. The zero-order chi connectivity index (χ0) is 14.8. The highest BCUT2D eigenvalue weighted by molar-refractivity contribution is 8.00. The van der Waals surface area contributed by atoms with Gasteiger partial charge in [-0.25, -0.2) is 4.98 Å². The van der Waals surface area contributed by atoms with Crippen molar-refractivity contribution >= 4 is 28.7 Å². The Labute approximate surface area is 128 Å². The lowest BCUT2D eigenvalue weighted by molar-refractivity contribution is -0.120. The lowest BCUT2D eigenvalue weighted by atomic mass is 10.3. The number of imidazole rings is 1. The average Bonchev–Trinajstić information content (AvgIpc) is 3.22. The van der Waals surface area contributed by atoms with Gasteiger partial charge in [-0.05, 0) is 31.9 Å². The molecule has 5 heteroatoms. The summed E-state index contributed by atoms with van der Waals surface area (Å²) in [4.78, 5) is 16.7. The number of carbonyl (C=O) groups excluding carboxylic acids is 1. The Morgan fingerprint density at radius 3 is 3.05 bits per heavy atom. The Kier molecular flexibility index (Phi) is 4.01. The third kappa shape index (κ3) is 3.13. The molecule has 2 aromatic rings. The number of carbonyl (C=O) groups is 1. The first-order valence-electron chi connectivity index (χ1n) is 7.22. The second-order valence-corrected chi connectivity index (χ2v) is 6.63. The maximum Gasteiger partial charge on any atom is 0.233 e. The lowest BCUT2D eigenvalue weighted by Crippen LogP contribution is -2.32. The van der Waals surface area contributed by atoms with E-state index < -0.39 is 0 Å². The minimum atomic E-state index is -0.147. The second kappa shape index (κ2) is 5.93. The van der Waals surface area contributed by atoms with Crippen LogP contribution in [0.15, 0.2) is 42.1 Å². The van der Waals surface area contributed by atoms with E-state index in [9.17, 15) is 4.79 Å². The van der Waals surface area contributed by atoms with Gasteiger partial charge in [0.1, 0.15) is 0 Å². The maximum atomic E-state index is 12.1. The molecule has 1 saturated carbocycles. The van der Waals surface area contributed by atoms with Gasteiger partial charge >= 0.3 is 0 Å². The summed E-state index contributed by atoms with van der Waals surface area (Å²) in [5.74, 6) is 0.0970. The summed E-state index contributed by atoms with van der Waals surface area (Å²) in [6, 6.07) is 8.42. The number of amides is 1. The summed E-state index contributed by atoms with van der Waals surface area (Å²) in [6.45, 7) is 6.43. The highest BCUT2D eigenvalue weighted by Gasteiger charge is 2.26. The zero-order valence-electron chi connectivity index (χ0n) is 12.1. The molecule has 1 N–H and O–H groups in total. The summed E-state index contributed by atoms with van der Waals surface area (Å²) >= 11 is 1.51. The molecule has 1 aliphatic carbocycles. The van der Waals surface area contributed by atoms with Crippen LogP contribution in [0.4, 0.5) is 0 Å². The van der Waals surface area contributed by atoms with Gasteiger partial charge in [0.05, 0.1) is 16.3 Å². The molecule has 0 aliphatic heterocycles. The molecular formula is C16H19N3OS. The number of hydrogen-bond donors (Lipinski definition) is 1. The van der Waals surface area contributed by atoms with Crippen molar-refractivity contribution in [3.8, 4) is 0 Å². The molecule has 1 atom stereocenters. The first-order chi connectivity index (χ1) is 10.2. The van der Waals surface area contributed by atoms with Crippen LogP contribution in [0.2, 0.25) is 0 Å². The Morgan fingerprint density at radius 1 is 1.57 bits per heavy atom. The number of allylic oxidation sites excluding steroid dienone is 1. The molecular weight excluding hydrogens is 282 g/mol. The van der Waals surface area contributed by atoms with E-state index >= 15 is 0 Å². The van der Waals surface area contributed by atoms with E-state index in [2.05, 4.69) is 21.4 Å². The van der Waals surface area contributed by atoms with Crippen LogP contribution >= 0.6 is 11.8 Å². The molecule has 1 amide bonds. The van der Waals surface area contributed by atoms with Crippen molar-refractivity contribution in [1.82, 2.24) is 14.9 Å². The fourth-order valence-electron chi connectivity index (χ4n) is 2.21. The minimum Gasteiger partial charge on any atom is -0.352 e. The molecule has 4 nitrogen and oxygen atoms in total. The smallest absolute Gasteiger partial charge is 0.233 e. The highest BCUT2D eigenvalue weighted by atomic mass is 32.2. The number of thioether (sulfide) groups is 1. The maximum absolute atomic E-state index is 12.1. The van der Waals surface area contributed by atoms with Gasteiger partial charge in [-0.2, -0.15) is 0 Å². The molecule has 0 bridgehead atoms. The SMILES string of the molecule is C=CCn1c(S[C@@H](C)C(=O)NC2CC2)nc2ccccc21. The minimum absolute atomic E-state index is 0.0970. The summed E-state index contributed by atoms with van der Waals surface area (Å²) in [5.41, 5.74) is 2.03. The topological polar surface area (TPSA) is 46.9 Å². The zero-order valence-corrected chi connectivity index (χ0v) is 12.9. The molecule has 1 heterocycles. The van der Waals surface area contributed by atoms with Crippen LogP contribution in [-0.4, -0.2) is 26.8 Å². The van der Waals surface area contributed by atoms with E-state index in [1.165, 1.54) is 11.8 Å². The van der Waals surface area contributed by atoms with Crippen LogP contribution in [-0.2, 0) is 11.3 Å². The van der Waals surface area contributed by atoms with E-state index in [0.29, 0.717) is 12.6 Å².